The van der Waals surface area contributed by atoms with E-state index in [0.717, 1.165) is 0 Å². The smallest absolute Gasteiger partial charge is 0.169 e. The maximum absolute atomic E-state index is 11.3. The highest BCUT2D eigenvalue weighted by molar-refractivity contribution is 5.90. The number of rotatable bonds is 5. The normalized spacial score (nSPS) is 23.1. The fourth-order valence-corrected chi connectivity index (χ4v) is 1.83. The molecule has 0 aromatic heterocycles. The Balaban J connectivity index is 2.03. The van der Waals surface area contributed by atoms with Gasteiger partial charge in [-0.05, 0) is 19.1 Å². The van der Waals surface area contributed by atoms with Crippen molar-refractivity contribution in [1.82, 2.24) is 0 Å². The van der Waals surface area contributed by atoms with Crippen molar-refractivity contribution in [3.05, 3.63) is 24.3 Å². The minimum atomic E-state index is -0.426. The number of carbonyl (C=O) groups is 1. The topological polar surface area (TPSA) is 44.8 Å². The molecule has 0 amide bonds. The van der Waals surface area contributed by atoms with E-state index in [0.29, 0.717) is 24.5 Å². The Bertz CT molecular complexity index is 402. The number of benzene rings is 1. The first-order chi connectivity index (χ1) is 8.26. The van der Waals surface area contributed by atoms with Gasteiger partial charge in [-0.3, -0.25) is 4.79 Å². The number of para-hydroxylation sites is 2. The highest BCUT2D eigenvalue weighted by Gasteiger charge is 2.42. The van der Waals surface area contributed by atoms with Crippen molar-refractivity contribution < 1.29 is 19.0 Å². The molecule has 17 heavy (non-hydrogen) atoms. The zero-order chi connectivity index (χ0) is 12.3. The first kappa shape index (κ1) is 11.9. The van der Waals surface area contributed by atoms with E-state index in [4.69, 9.17) is 14.2 Å². The Labute approximate surface area is 100 Å². The first-order valence-electron chi connectivity index (χ1n) is 5.70. The maximum Gasteiger partial charge on any atom is 0.169 e. The first-order valence-corrected chi connectivity index (χ1v) is 5.70. The van der Waals surface area contributed by atoms with Gasteiger partial charge < -0.3 is 14.2 Å². The van der Waals surface area contributed by atoms with Gasteiger partial charge in [0.15, 0.2) is 23.4 Å². The summed E-state index contributed by atoms with van der Waals surface area (Å²) in [6, 6.07) is 7.39. The van der Waals surface area contributed by atoms with Crippen LogP contribution in [0.5, 0.6) is 11.5 Å². The second-order valence-electron chi connectivity index (χ2n) is 3.85. The Hall–Kier alpha value is -1.55. The number of hydrogen-bond donors (Lipinski definition) is 0. The van der Waals surface area contributed by atoms with E-state index >= 15 is 0 Å². The van der Waals surface area contributed by atoms with Crippen LogP contribution in [0.3, 0.4) is 0 Å². The molecule has 1 aliphatic carbocycles. The summed E-state index contributed by atoms with van der Waals surface area (Å²) in [7, 11) is 1.59. The lowest BCUT2D eigenvalue weighted by Crippen LogP contribution is -2.52. The molecular formula is C13H16O4. The molecule has 0 radical (unpaired) electrons. The molecule has 1 saturated carbocycles. The van der Waals surface area contributed by atoms with Crippen LogP contribution in [-0.4, -0.2) is 31.7 Å². The highest BCUT2D eigenvalue weighted by Crippen LogP contribution is 2.31. The lowest BCUT2D eigenvalue weighted by Gasteiger charge is -2.34. The molecule has 2 unspecified atom stereocenters. The number of carbonyl (C=O) groups excluding carboxylic acids is 1. The quantitative estimate of drug-likeness (QED) is 0.782. The van der Waals surface area contributed by atoms with Crippen molar-refractivity contribution in [3.8, 4) is 11.5 Å². The summed E-state index contributed by atoms with van der Waals surface area (Å²) < 4.78 is 16.3. The molecule has 0 saturated heterocycles. The zero-order valence-electron chi connectivity index (χ0n) is 10.0. The third-order valence-electron chi connectivity index (χ3n) is 2.75. The second kappa shape index (κ2) is 5.19. The summed E-state index contributed by atoms with van der Waals surface area (Å²) in [5, 5.41) is 0. The predicted octanol–water partition coefficient (Wildman–Crippen LogP) is 1.82. The predicted molar refractivity (Wildman–Crippen MR) is 62.4 cm³/mol. The summed E-state index contributed by atoms with van der Waals surface area (Å²) in [6.07, 6.45) is -0.216. The second-order valence-corrected chi connectivity index (χ2v) is 3.85. The van der Waals surface area contributed by atoms with Crippen LogP contribution in [0, 0.1) is 0 Å². The molecule has 92 valence electrons. The van der Waals surface area contributed by atoms with Crippen molar-refractivity contribution in [2.75, 3.05) is 13.7 Å². The fourth-order valence-electron chi connectivity index (χ4n) is 1.83. The standard InChI is InChI=1S/C13H16O4/c1-3-16-13-9(14)8-12(13)17-11-7-5-4-6-10(11)15-2/h4-7,12-13H,3,8H2,1-2H3. The minimum absolute atomic E-state index is 0.103. The average Bonchev–Trinajstić information content (AvgIpc) is 2.36. The van der Waals surface area contributed by atoms with E-state index in [1.807, 2.05) is 31.2 Å². The molecule has 4 heteroatoms. The van der Waals surface area contributed by atoms with Gasteiger partial charge in [0.2, 0.25) is 0 Å². The summed E-state index contributed by atoms with van der Waals surface area (Å²) in [5.41, 5.74) is 0. The van der Waals surface area contributed by atoms with Crippen molar-refractivity contribution in [1.29, 1.82) is 0 Å². The van der Waals surface area contributed by atoms with Crippen molar-refractivity contribution >= 4 is 5.78 Å². The van der Waals surface area contributed by atoms with Crippen molar-refractivity contribution in [2.24, 2.45) is 0 Å². The molecule has 1 aromatic carbocycles. The van der Waals surface area contributed by atoms with Gasteiger partial charge in [0.1, 0.15) is 6.10 Å². The van der Waals surface area contributed by atoms with Crippen LogP contribution in [0.25, 0.3) is 0 Å². The number of ketones is 1. The van der Waals surface area contributed by atoms with Crippen LogP contribution in [0.2, 0.25) is 0 Å². The van der Waals surface area contributed by atoms with Crippen LogP contribution < -0.4 is 9.47 Å². The van der Waals surface area contributed by atoms with Gasteiger partial charge in [-0.15, -0.1) is 0 Å². The van der Waals surface area contributed by atoms with Crippen LogP contribution in [0.15, 0.2) is 24.3 Å². The summed E-state index contributed by atoms with van der Waals surface area (Å²) in [5.74, 6) is 1.42. The molecule has 2 rings (SSSR count). The van der Waals surface area contributed by atoms with E-state index in [9.17, 15) is 4.79 Å². The molecule has 0 spiro atoms. The molecule has 1 aromatic rings. The van der Waals surface area contributed by atoms with Crippen molar-refractivity contribution in [2.45, 2.75) is 25.6 Å². The number of ether oxygens (including phenoxy) is 3. The monoisotopic (exact) mass is 236 g/mol. The molecular weight excluding hydrogens is 220 g/mol. The highest BCUT2D eigenvalue weighted by atomic mass is 16.6. The number of Topliss-reactive ketones (excluding diaryl/α,β-unsaturated/α-hetero) is 1. The van der Waals surface area contributed by atoms with Crippen LogP contribution >= 0.6 is 0 Å². The molecule has 0 aliphatic heterocycles. The third kappa shape index (κ3) is 2.42. The fraction of sp³-hybridized carbons (Fsp3) is 0.462. The van der Waals surface area contributed by atoms with Crippen molar-refractivity contribution in [3.63, 3.8) is 0 Å². The van der Waals surface area contributed by atoms with Gasteiger partial charge in [0, 0.05) is 13.0 Å². The molecule has 4 nitrogen and oxygen atoms in total. The van der Waals surface area contributed by atoms with Gasteiger partial charge in [-0.25, -0.2) is 0 Å². The van der Waals surface area contributed by atoms with Gasteiger partial charge in [0.25, 0.3) is 0 Å². The zero-order valence-corrected chi connectivity index (χ0v) is 10.0. The van der Waals surface area contributed by atoms with Crippen LogP contribution in [-0.2, 0) is 9.53 Å². The molecule has 2 atom stereocenters. The van der Waals surface area contributed by atoms with E-state index in [1.165, 1.54) is 0 Å². The third-order valence-corrected chi connectivity index (χ3v) is 2.75. The molecule has 1 aliphatic rings. The largest absolute Gasteiger partial charge is 0.493 e. The Morgan fingerprint density at radius 3 is 2.59 bits per heavy atom. The Kier molecular flexibility index (Phi) is 3.64. The van der Waals surface area contributed by atoms with Gasteiger partial charge in [-0.1, -0.05) is 12.1 Å². The average molecular weight is 236 g/mol. The van der Waals surface area contributed by atoms with Crippen LogP contribution in [0.4, 0.5) is 0 Å². The van der Waals surface area contributed by atoms with E-state index in [-0.39, 0.29) is 11.9 Å². The van der Waals surface area contributed by atoms with E-state index in [1.54, 1.807) is 7.11 Å². The van der Waals surface area contributed by atoms with Crippen LogP contribution in [0.1, 0.15) is 13.3 Å². The minimum Gasteiger partial charge on any atom is -0.493 e. The lowest BCUT2D eigenvalue weighted by atomic mass is 9.90. The summed E-state index contributed by atoms with van der Waals surface area (Å²) in [6.45, 7) is 2.38. The lowest BCUT2D eigenvalue weighted by molar-refractivity contribution is -0.154. The molecule has 0 N–H and O–H groups in total. The maximum atomic E-state index is 11.3. The molecule has 0 heterocycles. The molecule has 0 bridgehead atoms. The van der Waals surface area contributed by atoms with E-state index < -0.39 is 6.10 Å². The number of methoxy groups -OCH3 is 1. The summed E-state index contributed by atoms with van der Waals surface area (Å²) >= 11 is 0. The van der Waals surface area contributed by atoms with Gasteiger partial charge in [-0.2, -0.15) is 0 Å². The SMILES string of the molecule is CCOC1C(=O)CC1Oc1ccccc1OC. The molecule has 1 fully saturated rings. The number of hydrogen-bond acceptors (Lipinski definition) is 4. The summed E-state index contributed by atoms with van der Waals surface area (Å²) in [4.78, 5) is 11.3. The Morgan fingerprint density at radius 2 is 2.00 bits per heavy atom. The van der Waals surface area contributed by atoms with Gasteiger partial charge >= 0.3 is 0 Å². The Morgan fingerprint density at radius 1 is 1.29 bits per heavy atom. The van der Waals surface area contributed by atoms with Gasteiger partial charge in [0.05, 0.1) is 7.11 Å². The van der Waals surface area contributed by atoms with E-state index in [2.05, 4.69) is 0 Å².